The molecule has 146 valence electrons. The Morgan fingerprint density at radius 3 is 2.92 bits per heavy atom. The standard InChI is InChI=1S/C20H33N3O3/c1-4-21-20(22-11-13-24-15-18-9-7-12-25-18)23-14-17(3)26-19-10-6-5-8-16(19)2/h5-6,8,10,17-18H,4,7,9,11-15H2,1-3H3,(H2,21,22,23). The third kappa shape index (κ3) is 7.62. The Balaban J connectivity index is 1.68. The van der Waals surface area contributed by atoms with Crippen molar-refractivity contribution in [3.63, 3.8) is 0 Å². The summed E-state index contributed by atoms with van der Waals surface area (Å²) in [6.07, 6.45) is 2.53. The summed E-state index contributed by atoms with van der Waals surface area (Å²) in [6.45, 7) is 10.4. The minimum Gasteiger partial charge on any atom is -0.489 e. The van der Waals surface area contributed by atoms with E-state index in [4.69, 9.17) is 14.2 Å². The van der Waals surface area contributed by atoms with Crippen molar-refractivity contribution in [1.82, 2.24) is 10.6 Å². The molecule has 1 aliphatic heterocycles. The molecule has 0 radical (unpaired) electrons. The smallest absolute Gasteiger partial charge is 0.191 e. The number of rotatable bonds is 10. The zero-order chi connectivity index (χ0) is 18.6. The molecule has 2 N–H and O–H groups in total. The lowest BCUT2D eigenvalue weighted by Gasteiger charge is -2.16. The molecular weight excluding hydrogens is 330 g/mol. The molecule has 1 saturated heterocycles. The van der Waals surface area contributed by atoms with Gasteiger partial charge in [0.15, 0.2) is 5.96 Å². The van der Waals surface area contributed by atoms with Crippen LogP contribution in [0.15, 0.2) is 29.3 Å². The van der Waals surface area contributed by atoms with Crippen LogP contribution in [0.5, 0.6) is 5.75 Å². The van der Waals surface area contributed by atoms with E-state index in [1.54, 1.807) is 0 Å². The summed E-state index contributed by atoms with van der Waals surface area (Å²) in [5, 5.41) is 6.54. The van der Waals surface area contributed by atoms with Crippen molar-refractivity contribution in [2.24, 2.45) is 4.99 Å². The fourth-order valence-electron chi connectivity index (χ4n) is 2.74. The zero-order valence-corrected chi connectivity index (χ0v) is 16.3. The van der Waals surface area contributed by atoms with E-state index in [-0.39, 0.29) is 12.2 Å². The predicted molar refractivity (Wildman–Crippen MR) is 105 cm³/mol. The van der Waals surface area contributed by atoms with Crippen LogP contribution in [0.4, 0.5) is 0 Å². The van der Waals surface area contributed by atoms with Gasteiger partial charge in [0, 0.05) is 19.7 Å². The lowest BCUT2D eigenvalue weighted by atomic mass is 10.2. The molecule has 6 nitrogen and oxygen atoms in total. The largest absolute Gasteiger partial charge is 0.489 e. The first-order valence-electron chi connectivity index (χ1n) is 9.63. The average Bonchev–Trinajstić information content (AvgIpc) is 3.15. The van der Waals surface area contributed by atoms with Gasteiger partial charge in [-0.25, -0.2) is 4.99 Å². The first-order valence-corrected chi connectivity index (χ1v) is 9.63. The Labute approximate surface area is 157 Å². The number of nitrogens with one attached hydrogen (secondary N) is 2. The van der Waals surface area contributed by atoms with Crippen LogP contribution in [0.1, 0.15) is 32.3 Å². The van der Waals surface area contributed by atoms with E-state index < -0.39 is 0 Å². The highest BCUT2D eigenvalue weighted by Gasteiger charge is 2.15. The molecule has 0 amide bonds. The highest BCUT2D eigenvalue weighted by molar-refractivity contribution is 5.79. The van der Waals surface area contributed by atoms with E-state index in [9.17, 15) is 0 Å². The molecule has 0 aliphatic carbocycles. The van der Waals surface area contributed by atoms with Crippen molar-refractivity contribution < 1.29 is 14.2 Å². The third-order valence-corrected chi connectivity index (χ3v) is 4.14. The molecule has 1 heterocycles. The molecule has 1 aromatic carbocycles. The molecule has 2 atom stereocenters. The molecular formula is C20H33N3O3. The van der Waals surface area contributed by atoms with Crippen molar-refractivity contribution in [3.8, 4) is 5.75 Å². The van der Waals surface area contributed by atoms with E-state index in [2.05, 4.69) is 22.5 Å². The van der Waals surface area contributed by atoms with Gasteiger partial charge >= 0.3 is 0 Å². The van der Waals surface area contributed by atoms with Crippen molar-refractivity contribution in [2.45, 2.75) is 45.8 Å². The Hall–Kier alpha value is -1.79. The summed E-state index contributed by atoms with van der Waals surface area (Å²) in [5.74, 6) is 1.70. The minimum atomic E-state index is 0.00215. The van der Waals surface area contributed by atoms with E-state index in [1.165, 1.54) is 0 Å². The second-order valence-corrected chi connectivity index (χ2v) is 6.55. The van der Waals surface area contributed by atoms with Crippen LogP contribution in [0.25, 0.3) is 0 Å². The van der Waals surface area contributed by atoms with Crippen LogP contribution < -0.4 is 15.4 Å². The number of hydrogen-bond donors (Lipinski definition) is 2. The molecule has 1 fully saturated rings. The van der Waals surface area contributed by atoms with Crippen molar-refractivity contribution in [1.29, 1.82) is 0 Å². The van der Waals surface area contributed by atoms with Gasteiger partial charge < -0.3 is 24.8 Å². The molecule has 26 heavy (non-hydrogen) atoms. The first-order chi connectivity index (χ1) is 12.7. The Bertz CT molecular complexity index is 545. The van der Waals surface area contributed by atoms with E-state index in [0.717, 1.165) is 43.3 Å². The number of aryl methyl sites for hydroxylation is 1. The number of aliphatic imine (C=N–C) groups is 1. The minimum absolute atomic E-state index is 0.00215. The van der Waals surface area contributed by atoms with E-state index in [1.807, 2.05) is 38.1 Å². The van der Waals surface area contributed by atoms with E-state index >= 15 is 0 Å². The van der Waals surface area contributed by atoms with Crippen LogP contribution in [0, 0.1) is 6.92 Å². The van der Waals surface area contributed by atoms with Gasteiger partial charge in [-0.3, -0.25) is 0 Å². The monoisotopic (exact) mass is 363 g/mol. The number of ether oxygens (including phenoxy) is 3. The summed E-state index contributed by atoms with van der Waals surface area (Å²) in [4.78, 5) is 4.60. The van der Waals surface area contributed by atoms with Gasteiger partial charge in [0.05, 0.1) is 25.9 Å². The Morgan fingerprint density at radius 2 is 2.19 bits per heavy atom. The van der Waals surface area contributed by atoms with Crippen LogP contribution in [-0.2, 0) is 9.47 Å². The first kappa shape index (κ1) is 20.5. The average molecular weight is 364 g/mol. The highest BCUT2D eigenvalue weighted by Crippen LogP contribution is 2.17. The zero-order valence-electron chi connectivity index (χ0n) is 16.3. The number of benzene rings is 1. The summed E-state index contributed by atoms with van der Waals surface area (Å²) in [5.41, 5.74) is 1.14. The number of guanidine groups is 1. The predicted octanol–water partition coefficient (Wildman–Crippen LogP) is 2.51. The van der Waals surface area contributed by atoms with Gasteiger partial charge in [-0.05, 0) is 45.2 Å². The molecule has 2 rings (SSSR count). The SMILES string of the molecule is CCNC(=NCC(C)Oc1ccccc1C)NCCOCC1CCCO1. The lowest BCUT2D eigenvalue weighted by Crippen LogP contribution is -2.39. The Morgan fingerprint density at radius 1 is 1.35 bits per heavy atom. The van der Waals surface area contributed by atoms with Gasteiger partial charge in [0.1, 0.15) is 11.9 Å². The molecule has 6 heteroatoms. The third-order valence-electron chi connectivity index (χ3n) is 4.14. The van der Waals surface area contributed by atoms with Gasteiger partial charge in [0.25, 0.3) is 0 Å². The maximum atomic E-state index is 5.97. The molecule has 1 aromatic rings. The molecule has 0 spiro atoms. The quantitative estimate of drug-likeness (QED) is 0.380. The van der Waals surface area contributed by atoms with Crippen molar-refractivity contribution >= 4 is 5.96 Å². The van der Waals surface area contributed by atoms with Gasteiger partial charge in [-0.15, -0.1) is 0 Å². The lowest BCUT2D eigenvalue weighted by molar-refractivity contribution is 0.0191. The molecule has 0 saturated carbocycles. The summed E-state index contributed by atoms with van der Waals surface area (Å²) < 4.78 is 17.2. The number of hydrogen-bond acceptors (Lipinski definition) is 4. The molecule has 0 bridgehead atoms. The van der Waals surface area contributed by atoms with Gasteiger partial charge in [-0.1, -0.05) is 18.2 Å². The number of nitrogens with zero attached hydrogens (tertiary/aromatic N) is 1. The van der Waals surface area contributed by atoms with Crippen LogP contribution in [0.3, 0.4) is 0 Å². The maximum absolute atomic E-state index is 5.97. The summed E-state index contributed by atoms with van der Waals surface area (Å²) in [6, 6.07) is 8.04. The second-order valence-electron chi connectivity index (χ2n) is 6.55. The highest BCUT2D eigenvalue weighted by atomic mass is 16.5. The topological polar surface area (TPSA) is 64.1 Å². The van der Waals surface area contributed by atoms with E-state index in [0.29, 0.717) is 26.3 Å². The summed E-state index contributed by atoms with van der Waals surface area (Å²) >= 11 is 0. The van der Waals surface area contributed by atoms with Crippen LogP contribution >= 0.6 is 0 Å². The Kier molecular flexibility index (Phi) is 9.28. The fraction of sp³-hybridized carbons (Fsp3) is 0.650. The maximum Gasteiger partial charge on any atom is 0.191 e. The van der Waals surface area contributed by atoms with Crippen molar-refractivity contribution in [2.75, 3.05) is 39.5 Å². The summed E-state index contributed by atoms with van der Waals surface area (Å²) in [7, 11) is 0. The normalized spacial score (nSPS) is 18.6. The van der Waals surface area contributed by atoms with Crippen LogP contribution in [-0.4, -0.2) is 57.6 Å². The number of para-hydroxylation sites is 1. The van der Waals surface area contributed by atoms with Crippen LogP contribution in [0.2, 0.25) is 0 Å². The second kappa shape index (κ2) is 11.8. The van der Waals surface area contributed by atoms with Gasteiger partial charge in [0.2, 0.25) is 0 Å². The molecule has 2 unspecified atom stereocenters. The molecule has 0 aromatic heterocycles. The fourth-order valence-corrected chi connectivity index (χ4v) is 2.74. The van der Waals surface area contributed by atoms with Crippen molar-refractivity contribution in [3.05, 3.63) is 29.8 Å². The van der Waals surface area contributed by atoms with Gasteiger partial charge in [-0.2, -0.15) is 0 Å². The molecule has 1 aliphatic rings.